The van der Waals surface area contributed by atoms with Gasteiger partial charge in [-0.15, -0.1) is 0 Å². The van der Waals surface area contributed by atoms with Gasteiger partial charge in [-0.2, -0.15) is 0 Å². The molecule has 0 aromatic heterocycles. The number of hydrogen-bond acceptors (Lipinski definition) is 2. The Hall–Kier alpha value is -1.44. The first-order chi connectivity index (χ1) is 7.87. The smallest absolute Gasteiger partial charge is 0.111 e. The van der Waals surface area contributed by atoms with Crippen molar-refractivity contribution in [2.45, 2.75) is 33.2 Å². The molecule has 0 saturated heterocycles. The zero-order chi connectivity index (χ0) is 12.3. The lowest BCUT2D eigenvalue weighted by Gasteiger charge is -2.37. The van der Waals surface area contributed by atoms with Crippen LogP contribution in [0.4, 0.5) is 0 Å². The van der Waals surface area contributed by atoms with Gasteiger partial charge in [0.1, 0.15) is 6.34 Å². The normalized spacial score (nSPS) is 43.8. The lowest BCUT2D eigenvalue weighted by Crippen LogP contribution is -2.36. The second-order valence-electron chi connectivity index (χ2n) is 6.09. The molecule has 88 valence electrons. The van der Waals surface area contributed by atoms with Crippen molar-refractivity contribution in [1.29, 1.82) is 0 Å². The van der Waals surface area contributed by atoms with Crippen molar-refractivity contribution >= 4 is 12.1 Å². The predicted molar refractivity (Wildman–Crippen MR) is 72.6 cm³/mol. The van der Waals surface area contributed by atoms with Gasteiger partial charge in [0.25, 0.3) is 0 Å². The molecule has 2 atom stereocenters. The Balaban J connectivity index is 2.28. The van der Waals surface area contributed by atoms with Crippen molar-refractivity contribution in [3.63, 3.8) is 0 Å². The van der Waals surface area contributed by atoms with E-state index in [1.54, 1.807) is 6.34 Å². The van der Waals surface area contributed by atoms with E-state index in [1.807, 2.05) is 0 Å². The maximum absolute atomic E-state index is 4.56. The molecule has 2 aliphatic carbocycles. The summed E-state index contributed by atoms with van der Waals surface area (Å²) in [7, 11) is 0. The van der Waals surface area contributed by atoms with E-state index in [1.165, 1.54) is 5.57 Å². The summed E-state index contributed by atoms with van der Waals surface area (Å²) >= 11 is 0. The summed E-state index contributed by atoms with van der Waals surface area (Å²) in [6, 6.07) is 0. The SMILES string of the molecule is CC1(C)/C=C2/C=CC3(C)C=CC(=NC=N1)C23C. The number of hydrogen-bond donors (Lipinski definition) is 0. The lowest BCUT2D eigenvalue weighted by atomic mass is 9.66. The van der Waals surface area contributed by atoms with Crippen LogP contribution in [0.2, 0.25) is 0 Å². The van der Waals surface area contributed by atoms with Gasteiger partial charge >= 0.3 is 0 Å². The maximum atomic E-state index is 4.56. The summed E-state index contributed by atoms with van der Waals surface area (Å²) in [6.07, 6.45) is 12.9. The largest absolute Gasteiger partial charge is 0.263 e. The Morgan fingerprint density at radius 1 is 1.00 bits per heavy atom. The van der Waals surface area contributed by atoms with E-state index >= 15 is 0 Å². The third-order valence-electron chi connectivity index (χ3n) is 4.46. The van der Waals surface area contributed by atoms with Crippen molar-refractivity contribution in [3.05, 3.63) is 36.0 Å². The van der Waals surface area contributed by atoms with Crippen LogP contribution in [-0.2, 0) is 0 Å². The molecule has 0 aromatic carbocycles. The molecule has 0 bridgehead atoms. The minimum absolute atomic E-state index is 0.0172. The third kappa shape index (κ3) is 1.21. The Morgan fingerprint density at radius 3 is 2.47 bits per heavy atom. The van der Waals surface area contributed by atoms with Crippen LogP contribution in [0.3, 0.4) is 0 Å². The Bertz CT molecular complexity index is 531. The van der Waals surface area contributed by atoms with Crippen molar-refractivity contribution in [2.75, 3.05) is 0 Å². The molecule has 17 heavy (non-hydrogen) atoms. The molecule has 0 saturated carbocycles. The molecular weight excluding hydrogens is 208 g/mol. The van der Waals surface area contributed by atoms with Crippen molar-refractivity contribution in [3.8, 4) is 0 Å². The fraction of sp³-hybridized carbons (Fsp3) is 0.467. The highest BCUT2D eigenvalue weighted by Gasteiger charge is 2.53. The van der Waals surface area contributed by atoms with E-state index in [9.17, 15) is 0 Å². The molecule has 0 spiro atoms. The van der Waals surface area contributed by atoms with Gasteiger partial charge in [-0.1, -0.05) is 31.2 Å². The van der Waals surface area contributed by atoms with Crippen LogP contribution in [0.5, 0.6) is 0 Å². The van der Waals surface area contributed by atoms with Crippen LogP contribution in [0.25, 0.3) is 0 Å². The highest BCUT2D eigenvalue weighted by molar-refractivity contribution is 6.09. The topological polar surface area (TPSA) is 24.7 Å². The fourth-order valence-electron chi connectivity index (χ4n) is 2.99. The highest BCUT2D eigenvalue weighted by Crippen LogP contribution is 2.57. The lowest BCUT2D eigenvalue weighted by molar-refractivity contribution is 0.361. The van der Waals surface area contributed by atoms with Gasteiger partial charge in [0.2, 0.25) is 0 Å². The molecule has 2 unspecified atom stereocenters. The minimum atomic E-state index is -0.175. The molecule has 0 fully saturated rings. The van der Waals surface area contributed by atoms with Crippen molar-refractivity contribution in [2.24, 2.45) is 20.8 Å². The third-order valence-corrected chi connectivity index (χ3v) is 4.46. The molecule has 2 nitrogen and oxygen atoms in total. The van der Waals surface area contributed by atoms with E-state index in [0.717, 1.165) is 5.71 Å². The average Bonchev–Trinajstić information content (AvgIpc) is 2.60. The summed E-state index contributed by atoms with van der Waals surface area (Å²) in [6.45, 7) is 8.79. The molecular formula is C15H18N2. The van der Waals surface area contributed by atoms with E-state index in [4.69, 9.17) is 0 Å². The van der Waals surface area contributed by atoms with Crippen molar-refractivity contribution in [1.82, 2.24) is 0 Å². The molecule has 0 aromatic rings. The minimum Gasteiger partial charge on any atom is -0.263 e. The highest BCUT2D eigenvalue weighted by atomic mass is 14.9. The van der Waals surface area contributed by atoms with Crippen LogP contribution in [0.1, 0.15) is 27.7 Å². The van der Waals surface area contributed by atoms with Crippen LogP contribution in [0, 0.1) is 10.8 Å². The number of allylic oxidation sites excluding steroid dienone is 5. The molecule has 0 radical (unpaired) electrons. The number of rotatable bonds is 0. The first-order valence-corrected chi connectivity index (χ1v) is 6.11. The molecule has 0 amide bonds. The van der Waals surface area contributed by atoms with E-state index in [2.05, 4.69) is 68.1 Å². The molecule has 0 N–H and O–H groups in total. The Morgan fingerprint density at radius 2 is 1.71 bits per heavy atom. The first kappa shape index (κ1) is 10.7. The second kappa shape index (κ2) is 2.87. The number of aliphatic imine (C=N–C) groups is 2. The Labute approximate surface area is 103 Å². The van der Waals surface area contributed by atoms with Gasteiger partial charge in [-0.05, 0) is 32.4 Å². The molecule has 1 aliphatic heterocycles. The summed E-state index contributed by atoms with van der Waals surface area (Å²) in [5.74, 6) is 0. The summed E-state index contributed by atoms with van der Waals surface area (Å²) in [5.41, 5.74) is 2.34. The molecule has 3 aliphatic rings. The van der Waals surface area contributed by atoms with Gasteiger partial charge in [-0.25, -0.2) is 4.99 Å². The standard InChI is InChI=1S/C15H18N2/c1-13(2)9-11-5-7-14(3)8-6-12(15(11,14)4)16-10-17-13/h5-10H,1-4H3/b11-9-,16-12?,17-10?. The molecule has 2 heteroatoms. The van der Waals surface area contributed by atoms with E-state index < -0.39 is 0 Å². The number of nitrogens with zero attached hydrogens (tertiary/aromatic N) is 2. The Kier molecular flexibility index (Phi) is 1.80. The summed E-state index contributed by atoms with van der Waals surface area (Å²) < 4.78 is 0. The van der Waals surface area contributed by atoms with Crippen LogP contribution < -0.4 is 0 Å². The van der Waals surface area contributed by atoms with Crippen LogP contribution in [0.15, 0.2) is 45.9 Å². The van der Waals surface area contributed by atoms with E-state index in [-0.39, 0.29) is 16.4 Å². The van der Waals surface area contributed by atoms with Gasteiger partial charge in [0.15, 0.2) is 0 Å². The van der Waals surface area contributed by atoms with Gasteiger partial charge < -0.3 is 0 Å². The van der Waals surface area contributed by atoms with Crippen molar-refractivity contribution < 1.29 is 0 Å². The zero-order valence-electron chi connectivity index (χ0n) is 10.9. The first-order valence-electron chi connectivity index (χ1n) is 6.11. The fourth-order valence-corrected chi connectivity index (χ4v) is 2.99. The predicted octanol–water partition coefficient (Wildman–Crippen LogP) is 3.33. The summed E-state index contributed by atoms with van der Waals surface area (Å²) in [5, 5.41) is 0. The van der Waals surface area contributed by atoms with Crippen LogP contribution >= 0.6 is 0 Å². The molecule has 3 rings (SSSR count). The average molecular weight is 226 g/mol. The van der Waals surface area contributed by atoms with Gasteiger partial charge in [0.05, 0.1) is 11.3 Å². The maximum Gasteiger partial charge on any atom is 0.111 e. The summed E-state index contributed by atoms with van der Waals surface area (Å²) in [4.78, 5) is 9.05. The zero-order valence-corrected chi connectivity index (χ0v) is 10.9. The monoisotopic (exact) mass is 226 g/mol. The van der Waals surface area contributed by atoms with Gasteiger partial charge in [0, 0.05) is 10.8 Å². The van der Waals surface area contributed by atoms with Crippen LogP contribution in [-0.4, -0.2) is 17.6 Å². The second-order valence-corrected chi connectivity index (χ2v) is 6.09. The van der Waals surface area contributed by atoms with E-state index in [0.29, 0.717) is 0 Å². The van der Waals surface area contributed by atoms with Gasteiger partial charge in [-0.3, -0.25) is 4.99 Å². The molecule has 1 heterocycles. The quantitative estimate of drug-likeness (QED) is 0.605.